The second-order valence-electron chi connectivity index (χ2n) is 9.19. The minimum atomic E-state index is -0.104. The van der Waals surface area contributed by atoms with Crippen molar-refractivity contribution in [3.63, 3.8) is 0 Å². The number of aromatic nitrogens is 1. The summed E-state index contributed by atoms with van der Waals surface area (Å²) < 4.78 is 2.40. The zero-order valence-electron chi connectivity index (χ0n) is 22.9. The van der Waals surface area contributed by atoms with Gasteiger partial charge in [0.2, 0.25) is 6.41 Å². The van der Waals surface area contributed by atoms with Crippen LogP contribution in [0, 0.1) is 0 Å². The first kappa shape index (κ1) is 33.6. The molecule has 3 aromatic rings. The molecular weight excluding hydrogens is 567 g/mol. The lowest BCUT2D eigenvalue weighted by Gasteiger charge is -2.28. The molecule has 1 aliphatic carbocycles. The molecule has 0 saturated heterocycles. The van der Waals surface area contributed by atoms with Crippen LogP contribution < -0.4 is 11.1 Å². The molecule has 1 atom stereocenters. The highest BCUT2D eigenvalue weighted by molar-refractivity contribution is 7.96. The predicted molar refractivity (Wildman–Crippen MR) is 165 cm³/mol. The molecule has 1 aromatic heterocycles. The van der Waals surface area contributed by atoms with Crippen molar-refractivity contribution in [1.82, 2.24) is 14.6 Å². The van der Waals surface area contributed by atoms with Crippen LogP contribution in [0.15, 0.2) is 66.9 Å². The van der Waals surface area contributed by atoms with E-state index in [4.69, 9.17) is 33.1 Å². The van der Waals surface area contributed by atoms with Crippen molar-refractivity contribution in [2.75, 3.05) is 13.3 Å². The van der Waals surface area contributed by atoms with Gasteiger partial charge in [0.1, 0.15) is 0 Å². The normalized spacial score (nSPS) is 16.1. The number of aliphatic hydroxyl groups is 1. The molecule has 1 unspecified atom stereocenters. The first-order valence-corrected chi connectivity index (χ1v) is 15.0. The number of hydrogen-bond donors (Lipinski definition) is 3. The van der Waals surface area contributed by atoms with Crippen LogP contribution in [0.2, 0.25) is 10.0 Å². The van der Waals surface area contributed by atoms with Gasteiger partial charge in [-0.3, -0.25) is 18.9 Å². The number of primary amides is 1. The Hall–Kier alpha value is -2.62. The summed E-state index contributed by atoms with van der Waals surface area (Å²) in [6.07, 6.45) is 12.0. The molecule has 5 rings (SSSR count). The van der Waals surface area contributed by atoms with Gasteiger partial charge in [0, 0.05) is 27.8 Å². The summed E-state index contributed by atoms with van der Waals surface area (Å²) >= 11 is 14.0. The lowest BCUT2D eigenvalue weighted by Crippen LogP contribution is -2.35. The van der Waals surface area contributed by atoms with E-state index in [2.05, 4.69) is 33.6 Å². The summed E-state index contributed by atoms with van der Waals surface area (Å²) in [5.74, 6) is -0.0575. The average Bonchev–Trinajstić information content (AvgIpc) is 2.98. The topological polar surface area (TPSA) is 109 Å². The largest absolute Gasteiger partial charge is 0.390 e. The number of nitrogens with one attached hydrogen (secondary N) is 1. The van der Waals surface area contributed by atoms with E-state index in [0.717, 1.165) is 29.2 Å². The van der Waals surface area contributed by atoms with Gasteiger partial charge in [0.25, 0.3) is 5.91 Å². The number of carbonyl (C=O) groups is 2. The third-order valence-electron chi connectivity index (χ3n) is 6.59. The van der Waals surface area contributed by atoms with Gasteiger partial charge in [0.05, 0.1) is 18.3 Å². The average molecular weight is 606 g/mol. The Labute approximate surface area is 251 Å². The van der Waals surface area contributed by atoms with Crippen molar-refractivity contribution in [1.29, 1.82) is 0 Å². The van der Waals surface area contributed by atoms with Crippen LogP contribution in [0.4, 0.5) is 0 Å². The van der Waals surface area contributed by atoms with E-state index >= 15 is 0 Å². The maximum atomic E-state index is 12.1. The lowest BCUT2D eigenvalue weighted by atomic mass is 9.91. The molecule has 216 valence electrons. The maximum absolute atomic E-state index is 12.1. The number of nitrogens with two attached hydrogens (primary N) is 1. The molecule has 1 fully saturated rings. The number of halogens is 2. The summed E-state index contributed by atoms with van der Waals surface area (Å²) in [5.41, 5.74) is 7.56. The summed E-state index contributed by atoms with van der Waals surface area (Å²) in [6, 6.07) is 19.2. The van der Waals surface area contributed by atoms with E-state index in [9.17, 15) is 4.79 Å². The van der Waals surface area contributed by atoms with Gasteiger partial charge in [0.15, 0.2) is 0 Å². The van der Waals surface area contributed by atoms with E-state index in [-0.39, 0.29) is 25.0 Å². The highest BCUT2D eigenvalue weighted by Gasteiger charge is 2.26. The first-order valence-electron chi connectivity index (χ1n) is 13.1. The highest BCUT2D eigenvalue weighted by Crippen LogP contribution is 2.31. The van der Waals surface area contributed by atoms with Crippen molar-refractivity contribution in [2.45, 2.75) is 57.2 Å². The number of hydrogen-bond acceptors (Lipinski definition) is 6. The summed E-state index contributed by atoms with van der Waals surface area (Å²) in [4.78, 5) is 24.5. The number of benzene rings is 2. The smallest absolute Gasteiger partial charge is 0.252 e. The number of pyridine rings is 1. The van der Waals surface area contributed by atoms with Gasteiger partial charge in [-0.25, -0.2) is 0 Å². The number of amides is 2. The molecule has 7 nitrogen and oxygen atoms in total. The molecule has 1 saturated carbocycles. The van der Waals surface area contributed by atoms with Crippen LogP contribution in [0.3, 0.4) is 0 Å². The van der Waals surface area contributed by atoms with Gasteiger partial charge in [-0.05, 0) is 74.0 Å². The quantitative estimate of drug-likeness (QED) is 0.241. The van der Waals surface area contributed by atoms with Crippen LogP contribution >= 0.6 is 35.1 Å². The fourth-order valence-corrected chi connectivity index (χ4v) is 5.53. The molecule has 4 N–H and O–H groups in total. The summed E-state index contributed by atoms with van der Waals surface area (Å²) in [5, 5.41) is 12.6. The van der Waals surface area contributed by atoms with Crippen LogP contribution in [0.5, 0.6) is 0 Å². The second-order valence-corrected chi connectivity index (χ2v) is 11.0. The SMILES string of the molecule is CSN(C)C1CCCCC1.NC=O.O=C1NC(c2ccc(Cl)cc2Cl)Cc2ccccc21.OCc1ccccn1. The Morgan fingerprint density at radius 2 is 1.77 bits per heavy atom. The molecule has 0 bridgehead atoms. The van der Waals surface area contributed by atoms with E-state index in [1.807, 2.05) is 54.4 Å². The molecule has 2 aliphatic rings. The zero-order valence-corrected chi connectivity index (χ0v) is 25.3. The van der Waals surface area contributed by atoms with Gasteiger partial charge in [-0.2, -0.15) is 0 Å². The number of fused-ring (bicyclic) bond motifs is 1. The van der Waals surface area contributed by atoms with Crippen LogP contribution in [-0.2, 0) is 17.8 Å². The Kier molecular flexibility index (Phi) is 15.7. The van der Waals surface area contributed by atoms with Crippen molar-refractivity contribution in [3.8, 4) is 0 Å². The summed E-state index contributed by atoms with van der Waals surface area (Å²) in [6.45, 7) is 0.0286. The zero-order chi connectivity index (χ0) is 29.3. The van der Waals surface area contributed by atoms with Gasteiger partial charge < -0.3 is 16.2 Å². The number of rotatable bonds is 4. The molecule has 1 aliphatic heterocycles. The van der Waals surface area contributed by atoms with Crippen molar-refractivity contribution < 1.29 is 14.7 Å². The van der Waals surface area contributed by atoms with Crippen LogP contribution in [0.1, 0.15) is 65.3 Å². The van der Waals surface area contributed by atoms with Crippen molar-refractivity contribution in [2.24, 2.45) is 5.73 Å². The summed E-state index contributed by atoms with van der Waals surface area (Å²) in [7, 11) is 2.21. The lowest BCUT2D eigenvalue weighted by molar-refractivity contribution is -0.106. The molecule has 2 amide bonds. The molecule has 0 radical (unpaired) electrons. The van der Waals surface area contributed by atoms with Crippen molar-refractivity contribution >= 4 is 47.5 Å². The second kappa shape index (κ2) is 18.7. The third-order valence-corrected chi connectivity index (χ3v) is 8.03. The van der Waals surface area contributed by atoms with Gasteiger partial charge >= 0.3 is 0 Å². The van der Waals surface area contributed by atoms with Gasteiger partial charge in [-0.1, -0.05) is 84.7 Å². The third kappa shape index (κ3) is 11.1. The Morgan fingerprint density at radius 1 is 1.10 bits per heavy atom. The Morgan fingerprint density at radius 3 is 2.35 bits per heavy atom. The first-order chi connectivity index (χ1) is 19.3. The minimum Gasteiger partial charge on any atom is -0.390 e. The van der Waals surface area contributed by atoms with Gasteiger partial charge in [-0.15, -0.1) is 0 Å². The number of aliphatic hydroxyl groups excluding tert-OH is 1. The van der Waals surface area contributed by atoms with E-state index in [1.165, 1.54) is 32.1 Å². The molecule has 40 heavy (non-hydrogen) atoms. The molecule has 2 heterocycles. The van der Waals surface area contributed by atoms with E-state index in [1.54, 1.807) is 24.4 Å². The monoisotopic (exact) mass is 604 g/mol. The molecular formula is C30H38Cl2N4O3S. The van der Waals surface area contributed by atoms with E-state index in [0.29, 0.717) is 15.7 Å². The minimum absolute atomic E-state index is 0.0286. The van der Waals surface area contributed by atoms with Crippen LogP contribution in [-0.4, -0.2) is 46.1 Å². The molecule has 2 aromatic carbocycles. The van der Waals surface area contributed by atoms with Crippen molar-refractivity contribution in [3.05, 3.63) is 99.3 Å². The standard InChI is InChI=1S/C15H11Cl2NO.C8H17NS.C6H7NO.CH3NO/c16-10-5-6-12(13(17)8-10)14-7-9-3-1-2-4-11(9)15(19)18-14;1-9(10-2)8-6-4-3-5-7-8;8-5-6-3-1-2-4-7-6;2-1-3/h1-6,8,14H,7H2,(H,18,19);8H,3-7H2,1-2H3;1-4,8H,5H2;1H,(H2,2,3). The molecule has 10 heteroatoms. The Balaban J connectivity index is 0.000000224. The highest BCUT2D eigenvalue weighted by atomic mass is 35.5. The number of carbonyl (C=O) groups excluding carboxylic acids is 2. The maximum Gasteiger partial charge on any atom is 0.252 e. The fourth-order valence-electron chi connectivity index (χ4n) is 4.48. The predicted octanol–water partition coefficient (Wildman–Crippen LogP) is 6.22. The number of nitrogens with zero attached hydrogens (tertiary/aromatic N) is 2. The fraction of sp³-hybridized carbons (Fsp3) is 0.367. The Bertz CT molecular complexity index is 1180. The van der Waals surface area contributed by atoms with Crippen LogP contribution in [0.25, 0.3) is 0 Å². The van der Waals surface area contributed by atoms with E-state index < -0.39 is 0 Å². The molecule has 0 spiro atoms.